The van der Waals surface area contributed by atoms with Gasteiger partial charge in [0.1, 0.15) is 0 Å². The summed E-state index contributed by atoms with van der Waals surface area (Å²) in [7, 11) is 0. The summed E-state index contributed by atoms with van der Waals surface area (Å²) in [4.78, 5) is 25.9. The largest absolute Gasteiger partial charge is 0.376 e. The Bertz CT molecular complexity index is 362. The molecular weight excluding hydrogens is 282 g/mol. The van der Waals surface area contributed by atoms with Gasteiger partial charge in [0.05, 0.1) is 12.1 Å². The molecule has 2 heterocycles. The predicted molar refractivity (Wildman–Crippen MR) is 84.6 cm³/mol. The highest BCUT2D eigenvalue weighted by atomic mass is 16.5. The zero-order chi connectivity index (χ0) is 15.8. The van der Waals surface area contributed by atoms with Crippen LogP contribution < -0.4 is 10.6 Å². The van der Waals surface area contributed by atoms with Gasteiger partial charge in [-0.05, 0) is 32.6 Å². The maximum absolute atomic E-state index is 12.1. The zero-order valence-electron chi connectivity index (χ0n) is 13.6. The van der Waals surface area contributed by atoms with E-state index in [-0.39, 0.29) is 24.1 Å². The Morgan fingerprint density at radius 3 is 2.55 bits per heavy atom. The van der Waals surface area contributed by atoms with Crippen LogP contribution in [0.15, 0.2) is 0 Å². The van der Waals surface area contributed by atoms with E-state index in [1.165, 1.54) is 12.8 Å². The van der Waals surface area contributed by atoms with Crippen LogP contribution in [0.4, 0.5) is 4.79 Å². The van der Waals surface area contributed by atoms with Gasteiger partial charge in [0.25, 0.3) is 0 Å². The molecule has 0 aromatic heterocycles. The SMILES string of the molecule is C[C@@H](NC(=O)NCCC(=O)N1CCCCCC1)[C@H]1CCCO1. The lowest BCUT2D eigenvalue weighted by Crippen LogP contribution is -2.46. The van der Waals surface area contributed by atoms with Crippen molar-refractivity contribution in [1.29, 1.82) is 0 Å². The van der Waals surface area contributed by atoms with Crippen molar-refractivity contribution in [3.63, 3.8) is 0 Å². The van der Waals surface area contributed by atoms with Crippen molar-refractivity contribution in [3.8, 4) is 0 Å². The molecule has 22 heavy (non-hydrogen) atoms. The molecule has 3 amide bonds. The van der Waals surface area contributed by atoms with Crippen LogP contribution in [0.2, 0.25) is 0 Å². The molecular formula is C16H29N3O3. The Kier molecular flexibility index (Phi) is 6.96. The summed E-state index contributed by atoms with van der Waals surface area (Å²) in [5.74, 6) is 0.148. The number of ether oxygens (including phenoxy) is 1. The minimum atomic E-state index is -0.216. The number of rotatable bonds is 5. The van der Waals surface area contributed by atoms with Gasteiger partial charge in [0.15, 0.2) is 0 Å². The molecule has 0 aromatic carbocycles. The van der Waals surface area contributed by atoms with E-state index in [1.807, 2.05) is 11.8 Å². The molecule has 2 N–H and O–H groups in total. The van der Waals surface area contributed by atoms with Crippen molar-refractivity contribution < 1.29 is 14.3 Å². The molecule has 0 aliphatic carbocycles. The quantitative estimate of drug-likeness (QED) is 0.811. The van der Waals surface area contributed by atoms with E-state index >= 15 is 0 Å². The highest BCUT2D eigenvalue weighted by molar-refractivity contribution is 5.78. The number of hydrogen-bond acceptors (Lipinski definition) is 3. The summed E-state index contributed by atoms with van der Waals surface area (Å²) in [6.45, 7) is 4.85. The van der Waals surface area contributed by atoms with E-state index < -0.39 is 0 Å². The highest BCUT2D eigenvalue weighted by Crippen LogP contribution is 2.15. The maximum Gasteiger partial charge on any atom is 0.315 e. The molecule has 2 saturated heterocycles. The second-order valence-corrected chi connectivity index (χ2v) is 6.29. The number of carbonyl (C=O) groups excluding carboxylic acids is 2. The van der Waals surface area contributed by atoms with Crippen molar-refractivity contribution in [3.05, 3.63) is 0 Å². The Balaban J connectivity index is 1.60. The van der Waals surface area contributed by atoms with Crippen LogP contribution in [0.25, 0.3) is 0 Å². The van der Waals surface area contributed by atoms with E-state index in [0.717, 1.165) is 45.4 Å². The Morgan fingerprint density at radius 1 is 1.18 bits per heavy atom. The number of hydrogen-bond donors (Lipinski definition) is 2. The first-order chi connectivity index (χ1) is 10.7. The molecule has 6 nitrogen and oxygen atoms in total. The minimum absolute atomic E-state index is 0.00353. The first-order valence-electron chi connectivity index (χ1n) is 8.60. The van der Waals surface area contributed by atoms with E-state index in [9.17, 15) is 9.59 Å². The summed E-state index contributed by atoms with van der Waals surface area (Å²) >= 11 is 0. The lowest BCUT2D eigenvalue weighted by Gasteiger charge is -2.21. The van der Waals surface area contributed by atoms with Gasteiger partial charge in [-0.25, -0.2) is 4.79 Å². The molecule has 0 aromatic rings. The fourth-order valence-corrected chi connectivity index (χ4v) is 3.11. The third kappa shape index (κ3) is 5.48. The standard InChI is InChI=1S/C16H29N3O3/c1-13(14-7-6-12-22-14)18-16(21)17-9-8-15(20)19-10-4-2-3-5-11-19/h13-14H,2-12H2,1H3,(H2,17,18,21)/t13-,14-/m1/s1. The summed E-state index contributed by atoms with van der Waals surface area (Å²) in [6, 6.07) is -0.213. The summed E-state index contributed by atoms with van der Waals surface area (Å²) in [5, 5.41) is 5.65. The van der Waals surface area contributed by atoms with E-state index in [2.05, 4.69) is 10.6 Å². The van der Waals surface area contributed by atoms with Crippen molar-refractivity contribution in [1.82, 2.24) is 15.5 Å². The number of nitrogens with zero attached hydrogens (tertiary/aromatic N) is 1. The zero-order valence-corrected chi connectivity index (χ0v) is 13.6. The molecule has 0 radical (unpaired) electrons. The first-order valence-corrected chi connectivity index (χ1v) is 8.60. The summed E-state index contributed by atoms with van der Waals surface area (Å²) in [6.07, 6.45) is 7.16. The van der Waals surface area contributed by atoms with Crippen LogP contribution in [0.3, 0.4) is 0 Å². The third-order valence-corrected chi connectivity index (χ3v) is 4.46. The molecule has 0 unspecified atom stereocenters. The monoisotopic (exact) mass is 311 g/mol. The lowest BCUT2D eigenvalue weighted by molar-refractivity contribution is -0.131. The number of urea groups is 1. The predicted octanol–water partition coefficient (Wildman–Crippen LogP) is 1.65. The van der Waals surface area contributed by atoms with Crippen LogP contribution in [0.5, 0.6) is 0 Å². The fourth-order valence-electron chi connectivity index (χ4n) is 3.11. The fraction of sp³-hybridized carbons (Fsp3) is 0.875. The van der Waals surface area contributed by atoms with Gasteiger partial charge in [-0.3, -0.25) is 4.79 Å². The van der Waals surface area contributed by atoms with Gasteiger partial charge in [0.2, 0.25) is 5.91 Å². The van der Waals surface area contributed by atoms with Gasteiger partial charge >= 0.3 is 6.03 Å². The average molecular weight is 311 g/mol. The van der Waals surface area contributed by atoms with Crippen LogP contribution in [-0.4, -0.2) is 55.2 Å². The van der Waals surface area contributed by atoms with E-state index in [4.69, 9.17) is 4.74 Å². The molecule has 0 saturated carbocycles. The number of likely N-dealkylation sites (tertiary alicyclic amines) is 1. The Hall–Kier alpha value is -1.30. The molecule has 0 bridgehead atoms. The van der Waals surface area contributed by atoms with Crippen LogP contribution in [0, 0.1) is 0 Å². The number of carbonyl (C=O) groups is 2. The third-order valence-electron chi connectivity index (χ3n) is 4.46. The topological polar surface area (TPSA) is 70.7 Å². The maximum atomic E-state index is 12.1. The summed E-state index contributed by atoms with van der Waals surface area (Å²) < 4.78 is 5.55. The molecule has 126 valence electrons. The minimum Gasteiger partial charge on any atom is -0.376 e. The lowest BCUT2D eigenvalue weighted by atomic mass is 10.1. The van der Waals surface area contributed by atoms with Crippen LogP contribution >= 0.6 is 0 Å². The van der Waals surface area contributed by atoms with E-state index in [1.54, 1.807) is 0 Å². The molecule has 2 aliphatic rings. The van der Waals surface area contributed by atoms with Crippen LogP contribution in [-0.2, 0) is 9.53 Å². The smallest absolute Gasteiger partial charge is 0.315 e. The summed E-state index contributed by atoms with van der Waals surface area (Å²) in [5.41, 5.74) is 0. The van der Waals surface area contributed by atoms with Gasteiger partial charge in [-0.15, -0.1) is 0 Å². The second-order valence-electron chi connectivity index (χ2n) is 6.29. The van der Waals surface area contributed by atoms with Gasteiger partial charge < -0.3 is 20.3 Å². The van der Waals surface area contributed by atoms with E-state index in [0.29, 0.717) is 13.0 Å². The Labute approximate surface area is 132 Å². The average Bonchev–Trinajstić information content (AvgIpc) is 2.90. The number of amides is 3. The molecule has 0 spiro atoms. The molecule has 2 aliphatic heterocycles. The molecule has 2 fully saturated rings. The van der Waals surface area contributed by atoms with Gasteiger partial charge in [-0.2, -0.15) is 0 Å². The van der Waals surface area contributed by atoms with Crippen molar-refractivity contribution in [2.24, 2.45) is 0 Å². The normalized spacial score (nSPS) is 23.7. The molecule has 2 atom stereocenters. The second kappa shape index (κ2) is 8.98. The highest BCUT2D eigenvalue weighted by Gasteiger charge is 2.23. The van der Waals surface area contributed by atoms with Crippen molar-refractivity contribution in [2.75, 3.05) is 26.2 Å². The molecule has 6 heteroatoms. The van der Waals surface area contributed by atoms with Crippen molar-refractivity contribution in [2.45, 2.75) is 64.0 Å². The van der Waals surface area contributed by atoms with Gasteiger partial charge in [-0.1, -0.05) is 12.8 Å². The molecule has 2 rings (SSSR count). The number of nitrogens with one attached hydrogen (secondary N) is 2. The first kappa shape index (κ1) is 17.1. The van der Waals surface area contributed by atoms with Gasteiger partial charge in [0, 0.05) is 32.7 Å². The Morgan fingerprint density at radius 2 is 1.91 bits per heavy atom. The van der Waals surface area contributed by atoms with Crippen LogP contribution in [0.1, 0.15) is 51.9 Å². The van der Waals surface area contributed by atoms with Crippen molar-refractivity contribution >= 4 is 11.9 Å².